The molecule has 38 heavy (non-hydrogen) atoms. The number of likely N-dealkylation sites (tertiary alicyclic amines) is 1. The highest BCUT2D eigenvalue weighted by Gasteiger charge is 2.32. The molecule has 0 aliphatic carbocycles. The van der Waals surface area contributed by atoms with E-state index in [1.165, 1.54) is 0 Å². The van der Waals surface area contributed by atoms with Crippen molar-refractivity contribution in [1.29, 1.82) is 0 Å². The number of piperidine rings is 1. The Hall–Kier alpha value is -2.90. The highest BCUT2D eigenvalue weighted by atomic mass is 35.5. The molecule has 1 fully saturated rings. The van der Waals surface area contributed by atoms with Gasteiger partial charge in [-0.3, -0.25) is 4.98 Å². The first kappa shape index (κ1) is 26.7. The van der Waals surface area contributed by atoms with Gasteiger partial charge in [0.25, 0.3) is 0 Å². The second-order valence-corrected chi connectivity index (χ2v) is 11.4. The smallest absolute Gasteiger partial charge is 0.131 e. The molecule has 3 N–H and O–H groups in total. The van der Waals surface area contributed by atoms with E-state index in [0.717, 1.165) is 77.6 Å². The lowest BCUT2D eigenvalue weighted by Crippen LogP contribution is -2.48. The molecule has 2 aliphatic rings. The maximum absolute atomic E-state index is 10.1. The molecular formula is C31H36ClN3O3. The molecule has 0 atom stereocenters. The third-order valence-electron chi connectivity index (χ3n) is 7.34. The number of ether oxygens (including phenoxy) is 2. The maximum Gasteiger partial charge on any atom is 0.131 e. The van der Waals surface area contributed by atoms with Crippen LogP contribution in [0.5, 0.6) is 11.5 Å². The quantitative estimate of drug-likeness (QED) is 0.414. The Balaban J connectivity index is 1.32. The SMILES string of the molecule is CC(C)(O)COc1ccc2c(c1)C(=CCCN1CCC(N)(c3ccc(Cl)cc3)CC1)c1cccnc1CO2. The van der Waals surface area contributed by atoms with Crippen LogP contribution in [0.25, 0.3) is 5.57 Å². The first-order valence-electron chi connectivity index (χ1n) is 13.2. The Morgan fingerprint density at radius 2 is 1.89 bits per heavy atom. The molecule has 0 radical (unpaired) electrons. The summed E-state index contributed by atoms with van der Waals surface area (Å²) in [6, 6.07) is 17.9. The van der Waals surface area contributed by atoms with E-state index in [4.69, 9.17) is 26.8 Å². The van der Waals surface area contributed by atoms with Crippen molar-refractivity contribution in [1.82, 2.24) is 9.88 Å². The molecule has 200 valence electrons. The molecule has 0 saturated carbocycles. The third kappa shape index (κ3) is 6.21. The van der Waals surface area contributed by atoms with Crippen molar-refractivity contribution in [2.45, 2.75) is 50.9 Å². The second-order valence-electron chi connectivity index (χ2n) is 11.0. The van der Waals surface area contributed by atoms with E-state index in [1.807, 2.05) is 36.4 Å². The zero-order chi connectivity index (χ0) is 26.8. The van der Waals surface area contributed by atoms with E-state index in [1.54, 1.807) is 20.0 Å². The van der Waals surface area contributed by atoms with Crippen molar-refractivity contribution in [2.75, 3.05) is 26.2 Å². The van der Waals surface area contributed by atoms with Gasteiger partial charge in [0.2, 0.25) is 0 Å². The molecule has 0 bridgehead atoms. The van der Waals surface area contributed by atoms with Crippen LogP contribution in [-0.4, -0.2) is 46.8 Å². The van der Waals surface area contributed by atoms with Crippen LogP contribution in [-0.2, 0) is 12.1 Å². The predicted molar refractivity (Wildman–Crippen MR) is 151 cm³/mol. The van der Waals surface area contributed by atoms with Crippen molar-refractivity contribution in [3.8, 4) is 11.5 Å². The monoisotopic (exact) mass is 533 g/mol. The molecule has 3 heterocycles. The number of nitrogens with zero attached hydrogens (tertiary/aromatic N) is 2. The number of fused-ring (bicyclic) bond motifs is 2. The van der Waals surface area contributed by atoms with E-state index >= 15 is 0 Å². The number of halogens is 1. The summed E-state index contributed by atoms with van der Waals surface area (Å²) in [7, 11) is 0. The van der Waals surface area contributed by atoms with E-state index in [0.29, 0.717) is 12.4 Å². The summed E-state index contributed by atoms with van der Waals surface area (Å²) in [4.78, 5) is 7.07. The van der Waals surface area contributed by atoms with Crippen LogP contribution in [0.4, 0.5) is 0 Å². The predicted octanol–water partition coefficient (Wildman–Crippen LogP) is 5.55. The fraction of sp³-hybridized carbons (Fsp3) is 0.387. The first-order valence-corrected chi connectivity index (χ1v) is 13.6. The maximum atomic E-state index is 10.1. The van der Waals surface area contributed by atoms with E-state index in [9.17, 15) is 5.11 Å². The van der Waals surface area contributed by atoms with Gasteiger partial charge in [0, 0.05) is 47.5 Å². The minimum absolute atomic E-state index is 0.206. The fourth-order valence-electron chi connectivity index (χ4n) is 5.14. The molecule has 6 nitrogen and oxygen atoms in total. The first-order chi connectivity index (χ1) is 18.2. The van der Waals surface area contributed by atoms with Crippen LogP contribution in [0.1, 0.15) is 55.5 Å². The van der Waals surface area contributed by atoms with Gasteiger partial charge < -0.3 is 25.2 Å². The molecule has 5 rings (SSSR count). The van der Waals surface area contributed by atoms with Crippen LogP contribution >= 0.6 is 11.6 Å². The van der Waals surface area contributed by atoms with Gasteiger partial charge in [0.15, 0.2) is 0 Å². The number of hydrogen-bond donors (Lipinski definition) is 2. The van der Waals surface area contributed by atoms with Gasteiger partial charge in [-0.05, 0) is 80.6 Å². The van der Waals surface area contributed by atoms with Crippen LogP contribution in [0.3, 0.4) is 0 Å². The summed E-state index contributed by atoms with van der Waals surface area (Å²) in [5.41, 5.74) is 10.8. The minimum atomic E-state index is -0.915. The highest BCUT2D eigenvalue weighted by Crippen LogP contribution is 2.39. The Kier molecular flexibility index (Phi) is 7.78. The summed E-state index contributed by atoms with van der Waals surface area (Å²) in [6.45, 7) is 6.94. The van der Waals surface area contributed by atoms with Crippen molar-refractivity contribution in [3.63, 3.8) is 0 Å². The summed E-state index contributed by atoms with van der Waals surface area (Å²) in [5.74, 6) is 1.50. The van der Waals surface area contributed by atoms with Crippen LogP contribution in [0.15, 0.2) is 66.9 Å². The number of aromatic nitrogens is 1. The van der Waals surface area contributed by atoms with Crippen LogP contribution in [0, 0.1) is 0 Å². The van der Waals surface area contributed by atoms with Crippen LogP contribution < -0.4 is 15.2 Å². The second kappa shape index (κ2) is 11.1. The van der Waals surface area contributed by atoms with Crippen molar-refractivity contribution < 1.29 is 14.6 Å². The van der Waals surface area contributed by atoms with Gasteiger partial charge in [0.05, 0.1) is 11.3 Å². The minimum Gasteiger partial charge on any atom is -0.491 e. The largest absolute Gasteiger partial charge is 0.491 e. The number of rotatable bonds is 7. The molecule has 0 unspecified atom stereocenters. The van der Waals surface area contributed by atoms with Gasteiger partial charge >= 0.3 is 0 Å². The molecule has 2 aliphatic heterocycles. The molecule has 3 aromatic rings. The average molecular weight is 534 g/mol. The lowest BCUT2D eigenvalue weighted by atomic mass is 9.82. The van der Waals surface area contributed by atoms with Crippen molar-refractivity contribution in [2.24, 2.45) is 5.73 Å². The molecular weight excluding hydrogens is 498 g/mol. The number of benzene rings is 2. The third-order valence-corrected chi connectivity index (χ3v) is 7.59. The molecule has 1 saturated heterocycles. The van der Waals surface area contributed by atoms with E-state index in [-0.39, 0.29) is 12.1 Å². The molecule has 0 spiro atoms. The Labute approximate surface area is 230 Å². The van der Waals surface area contributed by atoms with E-state index < -0.39 is 5.60 Å². The van der Waals surface area contributed by atoms with Crippen LogP contribution in [0.2, 0.25) is 5.02 Å². The van der Waals surface area contributed by atoms with E-state index in [2.05, 4.69) is 34.2 Å². The molecule has 1 aromatic heterocycles. The number of nitrogens with two attached hydrogens (primary N) is 1. The topological polar surface area (TPSA) is 80.8 Å². The summed E-state index contributed by atoms with van der Waals surface area (Å²) in [5, 5.41) is 10.8. The molecule has 0 amide bonds. The highest BCUT2D eigenvalue weighted by molar-refractivity contribution is 6.30. The van der Waals surface area contributed by atoms with Crippen molar-refractivity contribution in [3.05, 3.63) is 94.3 Å². The average Bonchev–Trinajstić information content (AvgIpc) is 3.05. The summed E-state index contributed by atoms with van der Waals surface area (Å²) >= 11 is 6.07. The molecule has 7 heteroatoms. The Morgan fingerprint density at radius 3 is 2.63 bits per heavy atom. The zero-order valence-corrected chi connectivity index (χ0v) is 22.9. The lowest BCUT2D eigenvalue weighted by Gasteiger charge is -2.39. The lowest BCUT2D eigenvalue weighted by molar-refractivity contribution is 0.0284. The van der Waals surface area contributed by atoms with Gasteiger partial charge in [0.1, 0.15) is 24.7 Å². The standard InChI is InChI=1S/C31H36ClN3O3/c1-30(2,36)21-38-24-11-12-29-27(19-24)25(26-5-3-15-34-28(26)20-37-29)6-4-16-35-17-13-31(33,14-18-35)22-7-9-23(32)10-8-22/h3,5-12,15,19,36H,4,13-14,16-18,20-21,33H2,1-2H3. The van der Waals surface area contributed by atoms with Crippen molar-refractivity contribution >= 4 is 17.2 Å². The number of hydrogen-bond acceptors (Lipinski definition) is 6. The Morgan fingerprint density at radius 1 is 1.13 bits per heavy atom. The Bertz CT molecular complexity index is 1290. The number of pyridine rings is 1. The summed E-state index contributed by atoms with van der Waals surface area (Å²) < 4.78 is 12.0. The van der Waals surface area contributed by atoms with Gasteiger partial charge in [-0.2, -0.15) is 0 Å². The normalized spacial score (nSPS) is 18.3. The van der Waals surface area contributed by atoms with Gasteiger partial charge in [-0.25, -0.2) is 0 Å². The summed E-state index contributed by atoms with van der Waals surface area (Å²) in [6.07, 6.45) is 6.81. The molecule has 2 aromatic carbocycles. The number of aliphatic hydroxyl groups is 1. The van der Waals surface area contributed by atoms with Gasteiger partial charge in [-0.1, -0.05) is 35.9 Å². The fourth-order valence-corrected chi connectivity index (χ4v) is 5.27. The zero-order valence-electron chi connectivity index (χ0n) is 22.1. The van der Waals surface area contributed by atoms with Gasteiger partial charge in [-0.15, -0.1) is 0 Å².